The van der Waals surface area contributed by atoms with Crippen LogP contribution in [0.25, 0.3) is 0 Å². The highest BCUT2D eigenvalue weighted by molar-refractivity contribution is 6.27. The van der Waals surface area contributed by atoms with E-state index >= 15 is 0 Å². The molecule has 126 valence electrons. The first kappa shape index (κ1) is 18.5. The van der Waals surface area contributed by atoms with E-state index in [2.05, 4.69) is 37.5 Å². The molecular weight excluding hydrogens is 302 g/mol. The molecule has 2 N–H and O–H groups in total. The molecule has 1 aromatic rings. The van der Waals surface area contributed by atoms with E-state index in [1.165, 1.54) is 11.1 Å². The van der Waals surface area contributed by atoms with Gasteiger partial charge in [-0.3, -0.25) is 4.90 Å². The lowest BCUT2D eigenvalue weighted by Crippen LogP contribution is -2.24. The second-order valence-corrected chi connectivity index (χ2v) is 5.06. The van der Waals surface area contributed by atoms with E-state index in [1.807, 2.05) is 6.07 Å². The lowest BCUT2D eigenvalue weighted by atomic mass is 10.2. The molecule has 0 saturated carbocycles. The van der Waals surface area contributed by atoms with Crippen molar-refractivity contribution in [1.82, 2.24) is 4.90 Å². The van der Waals surface area contributed by atoms with Gasteiger partial charge in [-0.15, -0.1) is 0 Å². The molecule has 2 rings (SSSR count). The summed E-state index contributed by atoms with van der Waals surface area (Å²) in [5.74, 6) is -1.95. The number of likely N-dealkylation sites (N-methyl/N-ethyl adjacent to an activating group) is 1. The first-order valence-corrected chi connectivity index (χ1v) is 7.05. The van der Waals surface area contributed by atoms with Crippen molar-refractivity contribution in [2.24, 2.45) is 0 Å². The van der Waals surface area contributed by atoms with Crippen molar-refractivity contribution in [3.05, 3.63) is 35.9 Å². The number of hydrogen-bond donors (Lipinski definition) is 2. The zero-order valence-corrected chi connectivity index (χ0v) is 13.2. The Hall–Kier alpha value is -2.54. The molecule has 23 heavy (non-hydrogen) atoms. The van der Waals surface area contributed by atoms with Crippen molar-refractivity contribution < 1.29 is 29.3 Å². The Balaban J connectivity index is 0.000000379. The Bertz CT molecular complexity index is 572. The van der Waals surface area contributed by atoms with E-state index < -0.39 is 11.9 Å². The molecule has 0 saturated heterocycles. The lowest BCUT2D eigenvalue weighted by molar-refractivity contribution is -0.159. The van der Waals surface area contributed by atoms with Gasteiger partial charge >= 0.3 is 11.9 Å². The molecule has 0 bridgehead atoms. The molecule has 0 spiro atoms. The van der Waals surface area contributed by atoms with Crippen LogP contribution in [0.3, 0.4) is 0 Å². The number of hydrogen-bond acceptors (Lipinski definition) is 5. The fourth-order valence-electron chi connectivity index (χ4n) is 1.96. The highest BCUT2D eigenvalue weighted by Crippen LogP contribution is 2.32. The van der Waals surface area contributed by atoms with E-state index in [4.69, 9.17) is 29.3 Å². The van der Waals surface area contributed by atoms with E-state index in [9.17, 15) is 0 Å². The molecule has 0 atom stereocenters. The minimum absolute atomic E-state index is 0.335. The van der Waals surface area contributed by atoms with Crippen LogP contribution in [0.2, 0.25) is 0 Å². The molecule has 0 aliphatic carbocycles. The Morgan fingerprint density at radius 2 is 1.83 bits per heavy atom. The fourth-order valence-corrected chi connectivity index (χ4v) is 1.96. The summed E-state index contributed by atoms with van der Waals surface area (Å²) in [7, 11) is 0. The van der Waals surface area contributed by atoms with Crippen LogP contribution in [-0.2, 0) is 16.1 Å². The van der Waals surface area contributed by atoms with Crippen molar-refractivity contribution in [3.63, 3.8) is 0 Å². The molecular formula is C16H21NO6. The zero-order valence-electron chi connectivity index (χ0n) is 13.2. The third-order valence-corrected chi connectivity index (χ3v) is 2.97. The summed E-state index contributed by atoms with van der Waals surface area (Å²) >= 11 is 0. The Morgan fingerprint density at radius 1 is 1.22 bits per heavy atom. The summed E-state index contributed by atoms with van der Waals surface area (Å²) in [6.07, 6.45) is 0. The molecule has 0 radical (unpaired) electrons. The SMILES string of the molecule is C=C(C)CN(CC)Cc1ccc2c(c1)OCO2.O=C(O)C(=O)O. The molecule has 0 amide bonds. The summed E-state index contributed by atoms with van der Waals surface area (Å²) in [4.78, 5) is 20.5. The van der Waals surface area contributed by atoms with Crippen LogP contribution in [0, 0.1) is 0 Å². The van der Waals surface area contributed by atoms with Crippen molar-refractivity contribution in [3.8, 4) is 11.5 Å². The standard InChI is InChI=1S/C14H19NO2.C2H2O4/c1-4-15(8-11(2)3)9-12-5-6-13-14(7-12)17-10-16-13;3-1(4)2(5)6/h5-7H,2,4,8-10H2,1,3H3;(H,3,4)(H,5,6). The van der Waals surface area contributed by atoms with Gasteiger partial charge in [-0.1, -0.05) is 25.1 Å². The van der Waals surface area contributed by atoms with Gasteiger partial charge in [0, 0.05) is 13.1 Å². The van der Waals surface area contributed by atoms with Crippen LogP contribution in [0.15, 0.2) is 30.4 Å². The Morgan fingerprint density at radius 3 is 2.35 bits per heavy atom. The first-order chi connectivity index (χ1) is 10.8. The Labute approximate surface area is 134 Å². The maximum absolute atomic E-state index is 9.10. The lowest BCUT2D eigenvalue weighted by Gasteiger charge is -2.20. The molecule has 7 nitrogen and oxygen atoms in total. The van der Waals surface area contributed by atoms with E-state index in [0.29, 0.717) is 6.79 Å². The van der Waals surface area contributed by atoms with Crippen LogP contribution in [0.5, 0.6) is 11.5 Å². The van der Waals surface area contributed by atoms with E-state index in [1.54, 1.807) is 0 Å². The predicted octanol–water partition coefficient (Wildman–Crippen LogP) is 1.97. The molecule has 0 aromatic heterocycles. The number of ether oxygens (including phenoxy) is 2. The molecule has 1 heterocycles. The highest BCUT2D eigenvalue weighted by Gasteiger charge is 2.14. The van der Waals surface area contributed by atoms with Gasteiger partial charge in [0.1, 0.15) is 0 Å². The van der Waals surface area contributed by atoms with Crippen molar-refractivity contribution >= 4 is 11.9 Å². The quantitative estimate of drug-likeness (QED) is 0.631. The van der Waals surface area contributed by atoms with Gasteiger partial charge in [-0.25, -0.2) is 9.59 Å². The van der Waals surface area contributed by atoms with Crippen molar-refractivity contribution in [2.75, 3.05) is 19.9 Å². The molecule has 7 heteroatoms. The van der Waals surface area contributed by atoms with Gasteiger partial charge in [0.2, 0.25) is 6.79 Å². The maximum atomic E-state index is 9.10. The van der Waals surface area contributed by atoms with E-state index in [0.717, 1.165) is 31.1 Å². The van der Waals surface area contributed by atoms with Crippen LogP contribution >= 0.6 is 0 Å². The largest absolute Gasteiger partial charge is 0.473 e. The van der Waals surface area contributed by atoms with Crippen LogP contribution in [0.1, 0.15) is 19.4 Å². The topological polar surface area (TPSA) is 96.3 Å². The molecule has 1 aliphatic rings. The van der Waals surface area contributed by atoms with Crippen LogP contribution in [-0.4, -0.2) is 46.9 Å². The third-order valence-electron chi connectivity index (χ3n) is 2.97. The van der Waals surface area contributed by atoms with Gasteiger partial charge in [-0.2, -0.15) is 0 Å². The maximum Gasteiger partial charge on any atom is 0.414 e. The second kappa shape index (κ2) is 8.79. The number of benzene rings is 1. The minimum Gasteiger partial charge on any atom is -0.473 e. The number of carboxylic acid groups (broad SMARTS) is 2. The third kappa shape index (κ3) is 6.39. The number of rotatable bonds is 5. The average Bonchev–Trinajstić information content (AvgIpc) is 2.94. The summed E-state index contributed by atoms with van der Waals surface area (Å²) in [6.45, 7) is 11.4. The fraction of sp³-hybridized carbons (Fsp3) is 0.375. The zero-order chi connectivity index (χ0) is 17.4. The van der Waals surface area contributed by atoms with Crippen LogP contribution in [0.4, 0.5) is 0 Å². The minimum atomic E-state index is -1.82. The normalized spacial score (nSPS) is 11.6. The number of aliphatic carboxylic acids is 2. The summed E-state index contributed by atoms with van der Waals surface area (Å²) in [5.41, 5.74) is 2.44. The van der Waals surface area contributed by atoms with Gasteiger partial charge in [0.15, 0.2) is 11.5 Å². The predicted molar refractivity (Wildman–Crippen MR) is 83.6 cm³/mol. The number of carbonyl (C=O) groups is 2. The number of carboxylic acids is 2. The average molecular weight is 323 g/mol. The highest BCUT2D eigenvalue weighted by atomic mass is 16.7. The monoisotopic (exact) mass is 323 g/mol. The van der Waals surface area contributed by atoms with Gasteiger partial charge < -0.3 is 19.7 Å². The Kier molecular flexibility index (Phi) is 7.08. The molecule has 0 unspecified atom stereocenters. The van der Waals surface area contributed by atoms with Gasteiger partial charge in [0.25, 0.3) is 0 Å². The summed E-state index contributed by atoms with van der Waals surface area (Å²) in [6, 6.07) is 6.13. The number of fused-ring (bicyclic) bond motifs is 1. The van der Waals surface area contributed by atoms with Crippen LogP contribution < -0.4 is 9.47 Å². The summed E-state index contributed by atoms with van der Waals surface area (Å²) in [5, 5.41) is 14.8. The van der Waals surface area contributed by atoms with Crippen molar-refractivity contribution in [2.45, 2.75) is 20.4 Å². The summed E-state index contributed by atoms with van der Waals surface area (Å²) < 4.78 is 10.7. The van der Waals surface area contributed by atoms with E-state index in [-0.39, 0.29) is 0 Å². The van der Waals surface area contributed by atoms with Crippen molar-refractivity contribution in [1.29, 1.82) is 0 Å². The molecule has 0 fully saturated rings. The van der Waals surface area contributed by atoms with Gasteiger partial charge in [-0.05, 0) is 31.2 Å². The molecule has 1 aromatic carbocycles. The second-order valence-electron chi connectivity index (χ2n) is 5.06. The first-order valence-electron chi connectivity index (χ1n) is 7.05. The van der Waals surface area contributed by atoms with Gasteiger partial charge in [0.05, 0.1) is 0 Å². The number of nitrogens with zero attached hydrogens (tertiary/aromatic N) is 1. The molecule has 1 aliphatic heterocycles. The smallest absolute Gasteiger partial charge is 0.414 e.